The Morgan fingerprint density at radius 3 is 2.42 bits per heavy atom. The molecule has 1 aliphatic heterocycles. The summed E-state index contributed by atoms with van der Waals surface area (Å²) < 4.78 is 11.0. The summed E-state index contributed by atoms with van der Waals surface area (Å²) in [5.74, 6) is -0.136. The number of carbonyl (C=O) groups excluding carboxylic acids is 1. The van der Waals surface area contributed by atoms with Gasteiger partial charge in [-0.1, -0.05) is 81.5 Å². The van der Waals surface area contributed by atoms with Crippen LogP contribution in [0.25, 0.3) is 5.57 Å². The number of ether oxygens (including phenoxy) is 2. The minimum absolute atomic E-state index is 0.136. The predicted octanol–water partition coefficient (Wildman–Crippen LogP) is 5.98. The molecule has 0 atom stereocenters. The summed E-state index contributed by atoms with van der Waals surface area (Å²) in [6, 6.07) is 16.9. The molecule has 3 rings (SSSR count). The van der Waals surface area contributed by atoms with Crippen molar-refractivity contribution in [1.29, 1.82) is 0 Å². The van der Waals surface area contributed by atoms with E-state index in [-0.39, 0.29) is 5.97 Å². The maximum absolute atomic E-state index is 12.4. The molecule has 0 bridgehead atoms. The Labute approximate surface area is 189 Å². The lowest BCUT2D eigenvalue weighted by Crippen LogP contribution is -2.24. The van der Waals surface area contributed by atoms with E-state index in [1.165, 1.54) is 16.7 Å². The number of esters is 1. The molecule has 0 saturated heterocycles. The average Bonchev–Trinajstić information content (AvgIpc) is 2.78. The Kier molecular flexibility index (Phi) is 8.27. The van der Waals surface area contributed by atoms with Crippen LogP contribution in [0.4, 0.5) is 0 Å². The average molecular weight is 437 g/mol. The molecule has 0 aromatic heterocycles. The summed E-state index contributed by atoms with van der Waals surface area (Å²) in [6.07, 6.45) is 5.26. The van der Waals surface area contributed by atoms with E-state index in [9.17, 15) is 4.79 Å². The van der Waals surface area contributed by atoms with Crippen molar-refractivity contribution in [1.82, 2.24) is 0 Å². The van der Waals surface area contributed by atoms with Gasteiger partial charge in [-0.05, 0) is 52.1 Å². The van der Waals surface area contributed by atoms with Crippen LogP contribution in [0.5, 0.6) is 0 Å². The third-order valence-corrected chi connectivity index (χ3v) is 9.95. The number of hydrogen-bond donors (Lipinski definition) is 0. The first-order valence-electron chi connectivity index (χ1n) is 11.4. The molecule has 166 valence electrons. The maximum Gasteiger partial charge on any atom is 0.306 e. The van der Waals surface area contributed by atoms with E-state index in [4.69, 9.17) is 9.47 Å². The van der Waals surface area contributed by atoms with Gasteiger partial charge in [-0.3, -0.25) is 4.79 Å². The molecular weight excluding hydrogens is 400 g/mol. The van der Waals surface area contributed by atoms with Crippen LogP contribution in [0, 0.1) is 0 Å². The fourth-order valence-corrected chi connectivity index (χ4v) is 4.35. The second-order valence-corrected chi connectivity index (χ2v) is 13.4. The molecule has 0 unspecified atom stereocenters. The zero-order valence-corrected chi connectivity index (χ0v) is 20.6. The fraction of sp³-hybridized carbons (Fsp3) is 0.444. The molecule has 0 fully saturated rings. The molecule has 4 heteroatoms. The Bertz CT molecular complexity index is 897. The largest absolute Gasteiger partial charge is 0.461 e. The molecule has 0 aliphatic carbocycles. The SMILES string of the molecule is C[SiH](C)C(C)(C)Cc1ccccc1COC(=O)CCc1ccc(C2=CCOCC2)cc1. The lowest BCUT2D eigenvalue weighted by atomic mass is 9.97. The van der Waals surface area contributed by atoms with Crippen molar-refractivity contribution in [3.63, 3.8) is 0 Å². The van der Waals surface area contributed by atoms with E-state index in [1.807, 2.05) is 6.07 Å². The fourth-order valence-electron chi connectivity index (χ4n) is 3.72. The van der Waals surface area contributed by atoms with Crippen molar-refractivity contribution in [2.24, 2.45) is 0 Å². The normalized spacial score (nSPS) is 14.4. The zero-order valence-electron chi connectivity index (χ0n) is 19.4. The highest BCUT2D eigenvalue weighted by Crippen LogP contribution is 2.34. The van der Waals surface area contributed by atoms with Gasteiger partial charge in [0.1, 0.15) is 6.61 Å². The van der Waals surface area contributed by atoms with Gasteiger partial charge in [0, 0.05) is 15.2 Å². The third-order valence-electron chi connectivity index (χ3n) is 6.62. The van der Waals surface area contributed by atoms with E-state index in [0.717, 1.165) is 30.6 Å². The molecule has 0 radical (unpaired) electrons. The van der Waals surface area contributed by atoms with Crippen LogP contribution in [0.1, 0.15) is 48.9 Å². The van der Waals surface area contributed by atoms with E-state index >= 15 is 0 Å². The lowest BCUT2D eigenvalue weighted by Gasteiger charge is -2.29. The van der Waals surface area contributed by atoms with E-state index in [1.54, 1.807) is 0 Å². The molecule has 0 saturated carbocycles. The van der Waals surface area contributed by atoms with Gasteiger partial charge in [-0.25, -0.2) is 0 Å². The molecule has 1 heterocycles. The van der Waals surface area contributed by atoms with E-state index in [0.29, 0.717) is 31.1 Å². The zero-order chi connectivity index (χ0) is 22.3. The molecule has 3 nitrogen and oxygen atoms in total. The first kappa shape index (κ1) is 23.5. The molecule has 0 amide bonds. The van der Waals surface area contributed by atoms with Crippen LogP contribution in [-0.4, -0.2) is 28.0 Å². The molecule has 2 aromatic rings. The van der Waals surface area contributed by atoms with Crippen molar-refractivity contribution in [3.8, 4) is 0 Å². The van der Waals surface area contributed by atoms with Crippen LogP contribution in [0.15, 0.2) is 54.6 Å². The Hall–Kier alpha value is -2.17. The summed E-state index contributed by atoms with van der Waals surface area (Å²) in [6.45, 7) is 11.4. The number of carbonyl (C=O) groups is 1. The summed E-state index contributed by atoms with van der Waals surface area (Å²) in [7, 11) is -0.787. The highest BCUT2D eigenvalue weighted by molar-refractivity contribution is 6.59. The van der Waals surface area contributed by atoms with Crippen LogP contribution in [-0.2, 0) is 33.7 Å². The van der Waals surface area contributed by atoms with Crippen molar-refractivity contribution in [2.45, 2.75) is 64.3 Å². The second kappa shape index (κ2) is 10.9. The van der Waals surface area contributed by atoms with Gasteiger partial charge in [0.2, 0.25) is 0 Å². The molecule has 0 N–H and O–H groups in total. The van der Waals surface area contributed by atoms with Crippen LogP contribution in [0.2, 0.25) is 18.1 Å². The smallest absolute Gasteiger partial charge is 0.306 e. The predicted molar refractivity (Wildman–Crippen MR) is 131 cm³/mol. The molecular formula is C27H36O3Si. The molecule has 2 aromatic carbocycles. The van der Waals surface area contributed by atoms with Gasteiger partial charge in [0.05, 0.1) is 13.2 Å². The van der Waals surface area contributed by atoms with Gasteiger partial charge in [0.25, 0.3) is 0 Å². The van der Waals surface area contributed by atoms with E-state index < -0.39 is 8.80 Å². The number of aryl methyl sites for hydroxylation is 1. The maximum atomic E-state index is 12.4. The minimum atomic E-state index is -0.787. The van der Waals surface area contributed by atoms with Crippen molar-refractivity contribution in [2.75, 3.05) is 13.2 Å². The summed E-state index contributed by atoms with van der Waals surface area (Å²) in [5.41, 5.74) is 6.20. The highest BCUT2D eigenvalue weighted by atomic mass is 28.3. The molecule has 1 aliphatic rings. The summed E-state index contributed by atoms with van der Waals surface area (Å²) in [4.78, 5) is 12.4. The van der Waals surface area contributed by atoms with Crippen LogP contribution >= 0.6 is 0 Å². The Morgan fingerprint density at radius 1 is 1.06 bits per heavy atom. The standard InChI is InChI=1S/C27H36O3Si/c1-27(2,31(3)4)19-24-7-5-6-8-25(24)20-30-26(28)14-11-21-9-12-22(13-10-21)23-15-17-29-18-16-23/h5-10,12-13,15,31H,11,14,16-20H2,1-4H3. The lowest BCUT2D eigenvalue weighted by molar-refractivity contribution is -0.144. The van der Waals surface area contributed by atoms with Crippen molar-refractivity contribution in [3.05, 3.63) is 76.9 Å². The highest BCUT2D eigenvalue weighted by Gasteiger charge is 2.24. The van der Waals surface area contributed by atoms with Gasteiger partial charge < -0.3 is 9.47 Å². The van der Waals surface area contributed by atoms with Crippen molar-refractivity contribution < 1.29 is 14.3 Å². The van der Waals surface area contributed by atoms with Gasteiger partial charge >= 0.3 is 5.97 Å². The van der Waals surface area contributed by atoms with E-state index in [2.05, 4.69) is 75.5 Å². The second-order valence-electron chi connectivity index (χ2n) is 9.50. The molecule has 31 heavy (non-hydrogen) atoms. The first-order valence-corrected chi connectivity index (χ1v) is 14.3. The molecule has 0 spiro atoms. The van der Waals surface area contributed by atoms with Gasteiger partial charge in [-0.15, -0.1) is 0 Å². The first-order chi connectivity index (χ1) is 14.8. The van der Waals surface area contributed by atoms with Crippen LogP contribution < -0.4 is 0 Å². The minimum Gasteiger partial charge on any atom is -0.461 e. The third kappa shape index (κ3) is 6.91. The Morgan fingerprint density at radius 2 is 1.77 bits per heavy atom. The summed E-state index contributed by atoms with van der Waals surface area (Å²) in [5, 5.41) is 0.340. The van der Waals surface area contributed by atoms with Gasteiger partial charge in [-0.2, -0.15) is 0 Å². The van der Waals surface area contributed by atoms with Gasteiger partial charge in [0.15, 0.2) is 0 Å². The quantitative estimate of drug-likeness (QED) is 0.358. The topological polar surface area (TPSA) is 35.5 Å². The number of rotatable bonds is 9. The number of hydrogen-bond acceptors (Lipinski definition) is 3. The Balaban J connectivity index is 1.50. The van der Waals surface area contributed by atoms with Crippen LogP contribution in [0.3, 0.4) is 0 Å². The summed E-state index contributed by atoms with van der Waals surface area (Å²) >= 11 is 0. The van der Waals surface area contributed by atoms with Crippen molar-refractivity contribution >= 4 is 20.3 Å². The monoisotopic (exact) mass is 436 g/mol. The number of benzene rings is 2.